The highest BCUT2D eigenvalue weighted by atomic mass is 15.2. The number of pyridine rings is 1. The predicted octanol–water partition coefficient (Wildman–Crippen LogP) is 5.53. The van der Waals surface area contributed by atoms with Crippen LogP contribution in [0, 0.1) is 6.92 Å². The van der Waals surface area contributed by atoms with Crippen LogP contribution in [-0.4, -0.2) is 21.0 Å². The van der Waals surface area contributed by atoms with E-state index in [4.69, 9.17) is 0 Å². The smallest absolute Gasteiger partial charge is 0.225 e. The molecule has 0 atom stereocenters. The summed E-state index contributed by atoms with van der Waals surface area (Å²) in [5.74, 6) is 1.84. The fraction of sp³-hybridized carbons (Fsp3) is 0.318. The Labute approximate surface area is 161 Å². The Hall–Kier alpha value is -2.95. The van der Waals surface area contributed by atoms with Crippen molar-refractivity contribution in [1.82, 2.24) is 15.0 Å². The number of nitrogens with zero attached hydrogens (tertiary/aromatic N) is 3. The minimum Gasteiger partial charge on any atom is -0.352 e. The molecule has 5 nitrogen and oxygen atoms in total. The molecule has 2 aromatic heterocycles. The quantitative estimate of drug-likeness (QED) is 0.604. The molecule has 0 saturated carbocycles. The first-order chi connectivity index (χ1) is 12.9. The van der Waals surface area contributed by atoms with Crippen molar-refractivity contribution in [3.63, 3.8) is 0 Å². The number of aromatic nitrogens is 3. The molecule has 5 heteroatoms. The summed E-state index contributed by atoms with van der Waals surface area (Å²) in [5, 5.41) is 6.70. The Balaban J connectivity index is 1.95. The van der Waals surface area contributed by atoms with Gasteiger partial charge in [-0.2, -0.15) is 4.98 Å². The first-order valence-corrected chi connectivity index (χ1v) is 9.37. The number of nitrogens with one attached hydrogen (secondary N) is 2. The molecule has 140 valence electrons. The maximum Gasteiger partial charge on any atom is 0.225 e. The van der Waals surface area contributed by atoms with Crippen molar-refractivity contribution in [2.75, 3.05) is 10.6 Å². The monoisotopic (exact) mass is 361 g/mol. The lowest BCUT2D eigenvalue weighted by Crippen LogP contribution is -2.13. The van der Waals surface area contributed by atoms with E-state index >= 15 is 0 Å². The molecule has 3 rings (SSSR count). The van der Waals surface area contributed by atoms with Gasteiger partial charge in [0.1, 0.15) is 5.82 Å². The first kappa shape index (κ1) is 18.8. The second-order valence-electron chi connectivity index (χ2n) is 7.33. The van der Waals surface area contributed by atoms with Crippen molar-refractivity contribution < 1.29 is 0 Å². The molecule has 27 heavy (non-hydrogen) atoms. The summed E-state index contributed by atoms with van der Waals surface area (Å²) in [7, 11) is 0. The van der Waals surface area contributed by atoms with Gasteiger partial charge in [0.15, 0.2) is 0 Å². The molecular weight excluding hydrogens is 334 g/mol. The van der Waals surface area contributed by atoms with E-state index in [1.54, 1.807) is 6.20 Å². The van der Waals surface area contributed by atoms with E-state index in [1.807, 2.05) is 24.3 Å². The Bertz CT molecular complexity index is 904. The molecule has 0 unspecified atom stereocenters. The van der Waals surface area contributed by atoms with Gasteiger partial charge in [0, 0.05) is 24.0 Å². The fourth-order valence-electron chi connectivity index (χ4n) is 3.03. The maximum absolute atomic E-state index is 4.62. The zero-order valence-electron chi connectivity index (χ0n) is 16.6. The van der Waals surface area contributed by atoms with Crippen molar-refractivity contribution in [3.05, 3.63) is 59.8 Å². The summed E-state index contributed by atoms with van der Waals surface area (Å²) in [5.41, 5.74) is 5.25. The number of benzene rings is 1. The highest BCUT2D eigenvalue weighted by Crippen LogP contribution is 2.26. The number of anilines is 3. The Kier molecular flexibility index (Phi) is 5.69. The average Bonchev–Trinajstić information content (AvgIpc) is 2.61. The molecule has 1 aromatic carbocycles. The van der Waals surface area contributed by atoms with Gasteiger partial charge in [-0.1, -0.05) is 26.0 Å². The van der Waals surface area contributed by atoms with Crippen LogP contribution in [0.3, 0.4) is 0 Å². The van der Waals surface area contributed by atoms with Crippen LogP contribution in [0.2, 0.25) is 0 Å². The van der Waals surface area contributed by atoms with Gasteiger partial charge in [-0.15, -0.1) is 0 Å². The van der Waals surface area contributed by atoms with Gasteiger partial charge >= 0.3 is 0 Å². The van der Waals surface area contributed by atoms with E-state index in [-0.39, 0.29) is 6.04 Å². The van der Waals surface area contributed by atoms with Crippen molar-refractivity contribution in [2.24, 2.45) is 0 Å². The number of hydrogen-bond donors (Lipinski definition) is 2. The third-order valence-electron chi connectivity index (χ3n) is 4.24. The second kappa shape index (κ2) is 8.16. The first-order valence-electron chi connectivity index (χ1n) is 9.37. The molecule has 0 aliphatic rings. The molecule has 2 N–H and O–H groups in total. The molecule has 0 saturated heterocycles. The van der Waals surface area contributed by atoms with E-state index in [9.17, 15) is 0 Å². The van der Waals surface area contributed by atoms with Crippen LogP contribution >= 0.6 is 0 Å². The van der Waals surface area contributed by atoms with Crippen LogP contribution < -0.4 is 10.6 Å². The fourth-order valence-corrected chi connectivity index (χ4v) is 3.03. The van der Waals surface area contributed by atoms with Crippen molar-refractivity contribution >= 4 is 17.5 Å². The van der Waals surface area contributed by atoms with Gasteiger partial charge in [-0.25, -0.2) is 4.98 Å². The lowest BCUT2D eigenvalue weighted by Gasteiger charge is -2.15. The van der Waals surface area contributed by atoms with Gasteiger partial charge in [0.2, 0.25) is 5.95 Å². The highest BCUT2D eigenvalue weighted by Gasteiger charge is 2.10. The summed E-state index contributed by atoms with van der Waals surface area (Å²) in [4.78, 5) is 13.7. The van der Waals surface area contributed by atoms with Gasteiger partial charge in [-0.05, 0) is 62.1 Å². The van der Waals surface area contributed by atoms with Gasteiger partial charge < -0.3 is 10.6 Å². The molecule has 0 aliphatic heterocycles. The van der Waals surface area contributed by atoms with Crippen LogP contribution in [0.4, 0.5) is 17.5 Å². The SMILES string of the molecule is Cc1cc(Nc2cc(-c3ccccn3)nc(NC(C)C)n2)ccc1C(C)C. The maximum atomic E-state index is 4.62. The number of aryl methyl sites for hydroxylation is 1. The minimum absolute atomic E-state index is 0.240. The van der Waals surface area contributed by atoms with Gasteiger partial charge in [-0.3, -0.25) is 4.98 Å². The molecule has 3 aromatic rings. The zero-order valence-corrected chi connectivity index (χ0v) is 16.6. The number of rotatable bonds is 6. The topological polar surface area (TPSA) is 62.7 Å². The average molecular weight is 361 g/mol. The third kappa shape index (κ3) is 4.82. The summed E-state index contributed by atoms with van der Waals surface area (Å²) in [6, 6.07) is 14.4. The molecule has 0 spiro atoms. The molecular formula is C22H27N5. The van der Waals surface area contributed by atoms with E-state index in [2.05, 4.69) is 78.4 Å². The Morgan fingerprint density at radius 2 is 1.70 bits per heavy atom. The third-order valence-corrected chi connectivity index (χ3v) is 4.24. The van der Waals surface area contributed by atoms with Crippen LogP contribution in [0.5, 0.6) is 0 Å². The molecule has 0 bridgehead atoms. The lowest BCUT2D eigenvalue weighted by atomic mass is 9.98. The molecule has 0 radical (unpaired) electrons. The van der Waals surface area contributed by atoms with Gasteiger partial charge in [0.05, 0.1) is 11.4 Å². The summed E-state index contributed by atoms with van der Waals surface area (Å²) < 4.78 is 0. The lowest BCUT2D eigenvalue weighted by molar-refractivity contribution is 0.857. The largest absolute Gasteiger partial charge is 0.352 e. The van der Waals surface area contributed by atoms with Crippen molar-refractivity contribution in [3.8, 4) is 11.4 Å². The van der Waals surface area contributed by atoms with E-state index < -0.39 is 0 Å². The van der Waals surface area contributed by atoms with Crippen LogP contribution in [-0.2, 0) is 0 Å². The van der Waals surface area contributed by atoms with E-state index in [1.165, 1.54) is 11.1 Å². The van der Waals surface area contributed by atoms with Gasteiger partial charge in [0.25, 0.3) is 0 Å². The van der Waals surface area contributed by atoms with E-state index in [0.29, 0.717) is 11.9 Å². The predicted molar refractivity (Wildman–Crippen MR) is 113 cm³/mol. The zero-order chi connectivity index (χ0) is 19.4. The van der Waals surface area contributed by atoms with Crippen LogP contribution in [0.25, 0.3) is 11.4 Å². The standard InChI is InChI=1S/C22H27N5/c1-14(2)18-10-9-17(12-16(18)5)25-21-13-20(19-8-6-7-11-23-19)26-22(27-21)24-15(3)4/h6-15H,1-5H3,(H2,24,25,26,27). The molecule has 0 amide bonds. The van der Waals surface area contributed by atoms with Crippen molar-refractivity contribution in [2.45, 2.75) is 46.6 Å². The normalized spacial score (nSPS) is 11.1. The van der Waals surface area contributed by atoms with Crippen molar-refractivity contribution in [1.29, 1.82) is 0 Å². The summed E-state index contributed by atoms with van der Waals surface area (Å²) in [6.45, 7) is 10.7. The Morgan fingerprint density at radius 3 is 2.33 bits per heavy atom. The molecule has 0 fully saturated rings. The Morgan fingerprint density at radius 1 is 0.889 bits per heavy atom. The molecule has 2 heterocycles. The van der Waals surface area contributed by atoms with E-state index in [0.717, 1.165) is 22.9 Å². The second-order valence-corrected chi connectivity index (χ2v) is 7.33. The van der Waals surface area contributed by atoms with Crippen LogP contribution in [0.15, 0.2) is 48.7 Å². The summed E-state index contributed by atoms with van der Waals surface area (Å²) >= 11 is 0. The number of hydrogen-bond acceptors (Lipinski definition) is 5. The molecule has 0 aliphatic carbocycles. The summed E-state index contributed by atoms with van der Waals surface area (Å²) in [6.07, 6.45) is 1.77. The highest BCUT2D eigenvalue weighted by molar-refractivity contribution is 5.66. The van der Waals surface area contributed by atoms with Crippen LogP contribution in [0.1, 0.15) is 44.7 Å². The minimum atomic E-state index is 0.240.